The summed E-state index contributed by atoms with van der Waals surface area (Å²) >= 11 is 1.63. The molecule has 136 valence electrons. The summed E-state index contributed by atoms with van der Waals surface area (Å²) in [5.41, 5.74) is 1.39. The van der Waals surface area contributed by atoms with Crippen molar-refractivity contribution >= 4 is 35.4 Å². The first-order chi connectivity index (χ1) is 13.0. The Bertz CT molecular complexity index is 981. The van der Waals surface area contributed by atoms with Crippen LogP contribution in [-0.2, 0) is 4.79 Å². The van der Waals surface area contributed by atoms with Crippen LogP contribution in [0.2, 0.25) is 0 Å². The maximum absolute atomic E-state index is 12.0. The van der Waals surface area contributed by atoms with Gasteiger partial charge in [-0.1, -0.05) is 5.10 Å². The predicted molar refractivity (Wildman–Crippen MR) is 102 cm³/mol. The van der Waals surface area contributed by atoms with Gasteiger partial charge in [-0.3, -0.25) is 20.2 Å². The average molecular weight is 382 g/mol. The minimum absolute atomic E-state index is 0.0134. The normalized spacial score (nSPS) is 10.9. The number of nitro groups is 1. The fraction of sp³-hybridized carbons (Fsp3) is 0.0556. The summed E-state index contributed by atoms with van der Waals surface area (Å²) in [7, 11) is 0. The highest BCUT2D eigenvalue weighted by atomic mass is 32.2. The van der Waals surface area contributed by atoms with E-state index < -0.39 is 10.8 Å². The molecule has 1 heterocycles. The first-order valence-electron chi connectivity index (χ1n) is 7.76. The summed E-state index contributed by atoms with van der Waals surface area (Å²) in [6, 6.07) is 13.4. The Morgan fingerprint density at radius 1 is 1.15 bits per heavy atom. The molecule has 27 heavy (non-hydrogen) atoms. The Kier molecular flexibility index (Phi) is 5.62. The van der Waals surface area contributed by atoms with Gasteiger partial charge in [0.05, 0.1) is 4.92 Å². The number of carbonyl (C=O) groups is 1. The smallest absolute Gasteiger partial charge is 0.322 e. The summed E-state index contributed by atoms with van der Waals surface area (Å²) in [5.74, 6) is -0.154. The van der Waals surface area contributed by atoms with Crippen LogP contribution in [0.5, 0.6) is 0 Å². The van der Waals surface area contributed by atoms with Crippen molar-refractivity contribution in [1.29, 1.82) is 0 Å². The highest BCUT2D eigenvalue weighted by molar-refractivity contribution is 7.98. The summed E-state index contributed by atoms with van der Waals surface area (Å²) in [6.07, 6.45) is 4.79. The lowest BCUT2D eigenvalue weighted by Crippen LogP contribution is -2.07. The molecule has 3 aromatic rings. The van der Waals surface area contributed by atoms with Gasteiger partial charge in [-0.05, 0) is 54.3 Å². The van der Waals surface area contributed by atoms with Gasteiger partial charge in [0, 0.05) is 28.7 Å². The predicted octanol–water partition coefficient (Wildman–Crippen LogP) is 4.02. The Hall–Kier alpha value is -3.46. The third-order valence-corrected chi connectivity index (χ3v) is 4.27. The van der Waals surface area contributed by atoms with E-state index >= 15 is 0 Å². The molecule has 0 radical (unpaired) electrons. The molecule has 1 amide bonds. The number of hydrogen-bond acceptors (Lipinski definition) is 7. The van der Waals surface area contributed by atoms with E-state index in [1.54, 1.807) is 23.9 Å². The number of anilines is 1. The zero-order chi connectivity index (χ0) is 19.2. The molecule has 0 atom stereocenters. The number of amides is 1. The molecular formula is C18H14N4O4S. The van der Waals surface area contributed by atoms with Gasteiger partial charge in [-0.25, -0.2) is 0 Å². The van der Waals surface area contributed by atoms with E-state index in [-0.39, 0.29) is 11.7 Å². The number of thioether (sulfide) groups is 1. The minimum Gasteiger partial charge on any atom is -0.403 e. The first kappa shape index (κ1) is 18.3. The van der Waals surface area contributed by atoms with E-state index in [9.17, 15) is 14.9 Å². The maximum Gasteiger partial charge on any atom is 0.322 e. The van der Waals surface area contributed by atoms with Gasteiger partial charge >= 0.3 is 6.01 Å². The van der Waals surface area contributed by atoms with Gasteiger partial charge in [0.15, 0.2) is 0 Å². The summed E-state index contributed by atoms with van der Waals surface area (Å²) in [4.78, 5) is 23.2. The number of nitrogens with zero attached hydrogens (tertiary/aromatic N) is 3. The Balaban J connectivity index is 1.62. The molecule has 0 aliphatic heterocycles. The van der Waals surface area contributed by atoms with Gasteiger partial charge in [0.25, 0.3) is 11.6 Å². The highest BCUT2D eigenvalue weighted by Crippen LogP contribution is 2.23. The Morgan fingerprint density at radius 2 is 1.85 bits per heavy atom. The standard InChI is InChI=1S/C18H14N4O4S/c1-27-15-9-5-13(6-10-15)17-20-21-18(26-17)19-16(23)11-4-12-2-7-14(8-3-12)22(24)25/h2-11H,1H3,(H,19,21,23)/b11-4-. The van der Waals surface area contributed by atoms with Crippen molar-refractivity contribution in [1.82, 2.24) is 10.2 Å². The molecule has 0 aliphatic carbocycles. The van der Waals surface area contributed by atoms with E-state index in [0.29, 0.717) is 11.5 Å². The lowest BCUT2D eigenvalue weighted by molar-refractivity contribution is -0.384. The van der Waals surface area contributed by atoms with E-state index in [2.05, 4.69) is 15.5 Å². The number of nitrogens with one attached hydrogen (secondary N) is 1. The highest BCUT2D eigenvalue weighted by Gasteiger charge is 2.10. The molecule has 0 aliphatic rings. The van der Waals surface area contributed by atoms with Crippen molar-refractivity contribution in [2.45, 2.75) is 4.90 Å². The van der Waals surface area contributed by atoms with Gasteiger partial charge in [0.2, 0.25) is 5.89 Å². The molecule has 9 heteroatoms. The molecular weight excluding hydrogens is 368 g/mol. The van der Waals surface area contributed by atoms with Crippen molar-refractivity contribution in [2.75, 3.05) is 11.6 Å². The molecule has 0 bridgehead atoms. The third kappa shape index (κ3) is 4.79. The van der Waals surface area contributed by atoms with Crippen molar-refractivity contribution in [3.8, 4) is 11.5 Å². The quantitative estimate of drug-likeness (QED) is 0.297. The van der Waals surface area contributed by atoms with Crippen LogP contribution >= 0.6 is 11.8 Å². The molecule has 0 saturated carbocycles. The molecule has 1 N–H and O–H groups in total. The number of aromatic nitrogens is 2. The van der Waals surface area contributed by atoms with Crippen LogP contribution in [0.4, 0.5) is 11.7 Å². The van der Waals surface area contributed by atoms with Gasteiger partial charge in [-0.15, -0.1) is 16.9 Å². The molecule has 0 unspecified atom stereocenters. The second-order valence-electron chi connectivity index (χ2n) is 5.31. The van der Waals surface area contributed by atoms with Crippen molar-refractivity contribution in [2.24, 2.45) is 0 Å². The van der Waals surface area contributed by atoms with Crippen LogP contribution in [0.3, 0.4) is 0 Å². The van der Waals surface area contributed by atoms with E-state index in [1.807, 2.05) is 30.5 Å². The van der Waals surface area contributed by atoms with E-state index in [0.717, 1.165) is 10.5 Å². The number of non-ortho nitro benzene ring substituents is 1. The van der Waals surface area contributed by atoms with E-state index in [1.165, 1.54) is 24.3 Å². The van der Waals surface area contributed by atoms with Crippen LogP contribution < -0.4 is 5.32 Å². The molecule has 2 aromatic carbocycles. The van der Waals surface area contributed by atoms with E-state index in [4.69, 9.17) is 4.42 Å². The lowest BCUT2D eigenvalue weighted by atomic mass is 10.2. The van der Waals surface area contributed by atoms with Crippen molar-refractivity contribution in [3.05, 3.63) is 70.3 Å². The number of nitro benzene ring substituents is 1. The number of carbonyl (C=O) groups excluding carboxylic acids is 1. The first-order valence-corrected chi connectivity index (χ1v) is 8.99. The van der Waals surface area contributed by atoms with Crippen LogP contribution in [0.15, 0.2) is 63.9 Å². The SMILES string of the molecule is CSc1ccc(-c2nnc(NC(=O)/C=C\c3ccc([N+](=O)[O-])cc3)o2)cc1. The van der Waals surface area contributed by atoms with Crippen LogP contribution in [-0.4, -0.2) is 27.3 Å². The van der Waals surface area contributed by atoms with Crippen LogP contribution in [0, 0.1) is 10.1 Å². The van der Waals surface area contributed by atoms with Crippen molar-refractivity contribution < 1.29 is 14.1 Å². The molecule has 0 saturated heterocycles. The zero-order valence-corrected chi connectivity index (χ0v) is 15.0. The molecule has 0 spiro atoms. The largest absolute Gasteiger partial charge is 0.403 e. The fourth-order valence-corrected chi connectivity index (χ4v) is 2.56. The summed E-state index contributed by atoms with van der Waals surface area (Å²) in [5, 5.41) is 20.8. The summed E-state index contributed by atoms with van der Waals surface area (Å²) in [6.45, 7) is 0. The molecule has 1 aromatic heterocycles. The topological polar surface area (TPSA) is 111 Å². The van der Waals surface area contributed by atoms with Crippen LogP contribution in [0.1, 0.15) is 5.56 Å². The van der Waals surface area contributed by atoms with Gasteiger partial charge in [0.1, 0.15) is 0 Å². The molecule has 3 rings (SSSR count). The van der Waals surface area contributed by atoms with Crippen molar-refractivity contribution in [3.63, 3.8) is 0 Å². The third-order valence-electron chi connectivity index (χ3n) is 3.52. The summed E-state index contributed by atoms with van der Waals surface area (Å²) < 4.78 is 5.44. The monoisotopic (exact) mass is 382 g/mol. The number of hydrogen-bond donors (Lipinski definition) is 1. The average Bonchev–Trinajstić information content (AvgIpc) is 3.15. The Morgan fingerprint density at radius 3 is 2.48 bits per heavy atom. The lowest BCUT2D eigenvalue weighted by Gasteiger charge is -1.98. The molecule has 8 nitrogen and oxygen atoms in total. The second kappa shape index (κ2) is 8.28. The van der Waals surface area contributed by atoms with Gasteiger partial charge < -0.3 is 4.42 Å². The molecule has 0 fully saturated rings. The fourth-order valence-electron chi connectivity index (χ4n) is 2.15. The van der Waals surface area contributed by atoms with Crippen LogP contribution in [0.25, 0.3) is 17.5 Å². The number of rotatable bonds is 6. The second-order valence-corrected chi connectivity index (χ2v) is 6.19. The zero-order valence-electron chi connectivity index (χ0n) is 14.2. The van der Waals surface area contributed by atoms with Gasteiger partial charge in [-0.2, -0.15) is 0 Å². The maximum atomic E-state index is 12.0. The Labute approximate surface area is 158 Å². The minimum atomic E-state index is -0.484. The number of benzene rings is 2.